The standard InChI is InChI=1S/C31H41N5O6S/c1-40-16-15-34-11-13-35(14-12-34)31-32-23(19-43-31)20-7-9-22(10-8-20)29(38)33-26(21-5-3-4-6-21)30(39)36-17-25(41-2)28-27(36)24(37)18-42-28/h7-10,19,21,25-28H,3-6,11-18H2,1-2H3,(H,33,38)/t25-,26-,27+,28+/m0/s1. The maximum atomic E-state index is 13.9. The molecule has 4 fully saturated rings. The van der Waals surface area contributed by atoms with Gasteiger partial charge in [0.15, 0.2) is 10.9 Å². The zero-order valence-corrected chi connectivity index (χ0v) is 25.7. The fourth-order valence-electron chi connectivity index (χ4n) is 6.84. The first-order valence-electron chi connectivity index (χ1n) is 15.3. The Morgan fingerprint density at radius 2 is 1.86 bits per heavy atom. The van der Waals surface area contributed by atoms with Crippen LogP contribution in [0.5, 0.6) is 0 Å². The first-order valence-corrected chi connectivity index (χ1v) is 16.2. The molecule has 12 heteroatoms. The van der Waals surface area contributed by atoms with Crippen LogP contribution in [0.4, 0.5) is 5.13 Å². The molecule has 1 saturated carbocycles. The van der Waals surface area contributed by atoms with Crippen molar-refractivity contribution in [3.63, 3.8) is 0 Å². The van der Waals surface area contributed by atoms with Crippen LogP contribution in [0.15, 0.2) is 29.6 Å². The lowest BCUT2D eigenvalue weighted by Gasteiger charge is -2.34. The third kappa shape index (κ3) is 6.34. The normalized spacial score (nSPS) is 25.3. The van der Waals surface area contributed by atoms with E-state index in [1.165, 1.54) is 0 Å². The highest BCUT2D eigenvalue weighted by Gasteiger charge is 2.54. The van der Waals surface area contributed by atoms with Crippen molar-refractivity contribution in [2.24, 2.45) is 5.92 Å². The average Bonchev–Trinajstić information content (AvgIpc) is 3.85. The molecule has 4 heterocycles. The van der Waals surface area contributed by atoms with E-state index >= 15 is 0 Å². The van der Waals surface area contributed by atoms with Gasteiger partial charge in [0.2, 0.25) is 5.91 Å². The molecule has 3 aliphatic heterocycles. The van der Waals surface area contributed by atoms with E-state index in [2.05, 4.69) is 20.5 Å². The molecule has 4 atom stereocenters. The van der Waals surface area contributed by atoms with E-state index in [0.29, 0.717) is 5.56 Å². The highest BCUT2D eigenvalue weighted by Crippen LogP contribution is 2.34. The number of ketones is 1. The van der Waals surface area contributed by atoms with Gasteiger partial charge in [-0.25, -0.2) is 4.98 Å². The lowest BCUT2D eigenvalue weighted by Crippen LogP contribution is -2.54. The number of ether oxygens (including phenoxy) is 3. The van der Waals surface area contributed by atoms with Gasteiger partial charge >= 0.3 is 0 Å². The molecule has 4 aliphatic rings. The number of thiazole rings is 1. The number of piperazine rings is 1. The second-order valence-corrected chi connectivity index (χ2v) is 12.7. The molecular weight excluding hydrogens is 570 g/mol. The summed E-state index contributed by atoms with van der Waals surface area (Å²) in [6.07, 6.45) is 2.96. The van der Waals surface area contributed by atoms with Crippen LogP contribution < -0.4 is 10.2 Å². The number of hydrogen-bond donors (Lipinski definition) is 1. The zero-order chi connectivity index (χ0) is 29.9. The van der Waals surface area contributed by atoms with Gasteiger partial charge in [0.1, 0.15) is 30.9 Å². The van der Waals surface area contributed by atoms with Crippen molar-refractivity contribution in [3.05, 3.63) is 35.2 Å². The van der Waals surface area contributed by atoms with E-state index in [1.54, 1.807) is 42.6 Å². The average molecular weight is 612 g/mol. The number of hydrogen-bond acceptors (Lipinski definition) is 10. The van der Waals surface area contributed by atoms with E-state index < -0.39 is 18.2 Å². The summed E-state index contributed by atoms with van der Waals surface area (Å²) in [6.45, 7) is 5.81. The Labute approximate surface area is 256 Å². The maximum Gasteiger partial charge on any atom is 0.251 e. The molecule has 0 spiro atoms. The molecule has 1 N–H and O–H groups in total. The first kappa shape index (κ1) is 30.1. The van der Waals surface area contributed by atoms with Crippen molar-refractivity contribution in [2.75, 3.05) is 71.6 Å². The molecule has 1 aromatic heterocycles. The Morgan fingerprint density at radius 3 is 2.56 bits per heavy atom. The Morgan fingerprint density at radius 1 is 1.12 bits per heavy atom. The fourth-order valence-corrected chi connectivity index (χ4v) is 7.73. The van der Waals surface area contributed by atoms with Crippen LogP contribution in [-0.2, 0) is 23.8 Å². The molecule has 232 valence electrons. The summed E-state index contributed by atoms with van der Waals surface area (Å²) in [6, 6.07) is 6.04. The number of likely N-dealkylation sites (tertiary alicyclic amines) is 1. The molecule has 0 unspecified atom stereocenters. The van der Waals surface area contributed by atoms with Gasteiger partial charge in [-0.2, -0.15) is 0 Å². The van der Waals surface area contributed by atoms with Crippen LogP contribution in [0, 0.1) is 5.92 Å². The van der Waals surface area contributed by atoms with E-state index in [-0.39, 0.29) is 42.8 Å². The van der Waals surface area contributed by atoms with E-state index in [9.17, 15) is 14.4 Å². The second-order valence-electron chi connectivity index (χ2n) is 11.9. The predicted molar refractivity (Wildman–Crippen MR) is 162 cm³/mol. The third-order valence-corrected chi connectivity index (χ3v) is 10.2. The lowest BCUT2D eigenvalue weighted by molar-refractivity contribution is -0.139. The summed E-state index contributed by atoms with van der Waals surface area (Å²) in [5.41, 5.74) is 2.30. The van der Waals surface area contributed by atoms with E-state index in [0.717, 1.165) is 81.4 Å². The van der Waals surface area contributed by atoms with Crippen LogP contribution in [0.25, 0.3) is 11.3 Å². The number of aromatic nitrogens is 1. The minimum Gasteiger partial charge on any atom is -0.383 e. The summed E-state index contributed by atoms with van der Waals surface area (Å²) in [7, 11) is 3.30. The summed E-state index contributed by atoms with van der Waals surface area (Å²) >= 11 is 1.63. The molecule has 0 bridgehead atoms. The largest absolute Gasteiger partial charge is 0.383 e. The molecule has 43 heavy (non-hydrogen) atoms. The molecule has 11 nitrogen and oxygen atoms in total. The molecule has 1 aliphatic carbocycles. The highest BCUT2D eigenvalue weighted by molar-refractivity contribution is 7.14. The van der Waals surface area contributed by atoms with E-state index in [1.807, 2.05) is 12.1 Å². The van der Waals surface area contributed by atoms with Crippen LogP contribution in [0.2, 0.25) is 0 Å². The van der Waals surface area contributed by atoms with Crippen molar-refractivity contribution in [1.29, 1.82) is 0 Å². The van der Waals surface area contributed by atoms with Crippen LogP contribution in [0.3, 0.4) is 0 Å². The first-order chi connectivity index (χ1) is 21.0. The minimum atomic E-state index is -0.699. The number of fused-ring (bicyclic) bond motifs is 1. The van der Waals surface area contributed by atoms with Gasteiger partial charge in [-0.3, -0.25) is 19.3 Å². The molecule has 6 rings (SSSR count). The van der Waals surface area contributed by atoms with Gasteiger partial charge in [-0.1, -0.05) is 25.0 Å². The minimum absolute atomic E-state index is 0.0161. The number of carbonyl (C=O) groups excluding carboxylic acids is 3. The second kappa shape index (κ2) is 13.4. The number of methoxy groups -OCH3 is 2. The molecule has 3 saturated heterocycles. The van der Waals surface area contributed by atoms with Crippen molar-refractivity contribution in [1.82, 2.24) is 20.1 Å². The Bertz CT molecular complexity index is 1290. The van der Waals surface area contributed by atoms with Crippen molar-refractivity contribution < 1.29 is 28.6 Å². The predicted octanol–water partition coefficient (Wildman–Crippen LogP) is 2.06. The monoisotopic (exact) mass is 611 g/mol. The van der Waals surface area contributed by atoms with Crippen LogP contribution in [0.1, 0.15) is 36.0 Å². The Kier molecular flexibility index (Phi) is 9.39. The SMILES string of the molecule is COCCN1CCN(c2nc(-c3ccc(C(=O)N[C@H](C(=O)N4C[C@H](OC)[C@H]5OCC(=O)[C@H]54)C4CCCC4)cc3)cs2)CC1. The molecule has 2 amide bonds. The quantitative estimate of drug-likeness (QED) is 0.431. The van der Waals surface area contributed by atoms with E-state index in [4.69, 9.17) is 19.2 Å². The van der Waals surface area contributed by atoms with Crippen molar-refractivity contribution >= 4 is 34.1 Å². The van der Waals surface area contributed by atoms with Crippen molar-refractivity contribution in [3.8, 4) is 11.3 Å². The number of Topliss-reactive ketones (excluding diaryl/α,β-unsaturated/α-hetero) is 1. The molecule has 0 radical (unpaired) electrons. The summed E-state index contributed by atoms with van der Waals surface area (Å²) < 4.78 is 16.4. The number of anilines is 1. The van der Waals surface area contributed by atoms with Gasteiger partial charge in [0.05, 0.1) is 18.8 Å². The lowest BCUT2D eigenvalue weighted by atomic mass is 9.95. The number of rotatable bonds is 10. The smallest absolute Gasteiger partial charge is 0.251 e. The van der Waals surface area contributed by atoms with Gasteiger partial charge in [0.25, 0.3) is 5.91 Å². The number of carbonyl (C=O) groups is 3. The van der Waals surface area contributed by atoms with Gasteiger partial charge in [0, 0.05) is 63.5 Å². The number of benzene rings is 1. The van der Waals surface area contributed by atoms with Crippen LogP contribution in [-0.4, -0.2) is 123 Å². The molecule has 1 aromatic carbocycles. The van der Waals surface area contributed by atoms with Gasteiger partial charge in [-0.15, -0.1) is 11.3 Å². The summed E-state index contributed by atoms with van der Waals surface area (Å²) in [5.74, 6) is -0.599. The third-order valence-electron chi connectivity index (χ3n) is 9.34. The van der Waals surface area contributed by atoms with Crippen LogP contribution >= 0.6 is 11.3 Å². The zero-order valence-electron chi connectivity index (χ0n) is 24.9. The number of amides is 2. The Balaban J connectivity index is 1.11. The Hall–Kier alpha value is -2.90. The number of nitrogens with one attached hydrogen (secondary N) is 1. The van der Waals surface area contributed by atoms with Gasteiger partial charge in [-0.05, 0) is 30.9 Å². The highest BCUT2D eigenvalue weighted by atomic mass is 32.1. The fraction of sp³-hybridized carbons (Fsp3) is 0.613. The maximum absolute atomic E-state index is 13.9. The summed E-state index contributed by atoms with van der Waals surface area (Å²) in [5, 5.41) is 6.11. The summed E-state index contributed by atoms with van der Waals surface area (Å²) in [4.78, 5) is 51.2. The topological polar surface area (TPSA) is 114 Å². The van der Waals surface area contributed by atoms with Crippen molar-refractivity contribution in [2.45, 2.75) is 50.0 Å². The van der Waals surface area contributed by atoms with Gasteiger partial charge < -0.3 is 29.3 Å². The number of nitrogens with zero attached hydrogens (tertiary/aromatic N) is 4. The molecule has 2 aromatic rings. The molecular formula is C31H41N5O6S.